The van der Waals surface area contributed by atoms with Gasteiger partial charge >= 0.3 is 0 Å². The van der Waals surface area contributed by atoms with Crippen molar-refractivity contribution in [2.45, 2.75) is 18.9 Å². The maximum atomic E-state index is 12.4. The normalized spacial score (nSPS) is 22.5. The van der Waals surface area contributed by atoms with Crippen molar-refractivity contribution in [1.29, 1.82) is 0 Å². The molecule has 3 rings (SSSR count). The zero-order chi connectivity index (χ0) is 13.4. The summed E-state index contributed by atoms with van der Waals surface area (Å²) in [5.41, 5.74) is 6.94. The van der Waals surface area contributed by atoms with Crippen LogP contribution < -0.4 is 5.73 Å². The highest BCUT2D eigenvalue weighted by Gasteiger charge is 2.36. The molecule has 0 bridgehead atoms. The first-order valence-electron chi connectivity index (χ1n) is 6.59. The van der Waals surface area contributed by atoms with Crippen molar-refractivity contribution >= 4 is 17.5 Å². The largest absolute Gasteiger partial charge is 0.399 e. The molecule has 0 spiro atoms. The number of amides is 2. The van der Waals surface area contributed by atoms with Crippen molar-refractivity contribution in [2.75, 3.05) is 25.4 Å². The highest BCUT2D eigenvalue weighted by molar-refractivity contribution is 5.94. The van der Waals surface area contributed by atoms with E-state index in [0.29, 0.717) is 37.3 Å². The van der Waals surface area contributed by atoms with E-state index in [4.69, 9.17) is 5.73 Å². The lowest BCUT2D eigenvalue weighted by molar-refractivity contribution is -0.130. The average Bonchev–Trinajstić information content (AvgIpc) is 2.80. The number of fused-ring (bicyclic) bond motifs is 1. The molecule has 1 aromatic rings. The van der Waals surface area contributed by atoms with E-state index in [2.05, 4.69) is 0 Å². The van der Waals surface area contributed by atoms with Crippen LogP contribution >= 0.6 is 0 Å². The summed E-state index contributed by atoms with van der Waals surface area (Å²) in [5.74, 6) is 0.253. The first-order valence-corrected chi connectivity index (χ1v) is 6.59. The molecule has 2 N–H and O–H groups in total. The topological polar surface area (TPSA) is 66.6 Å². The summed E-state index contributed by atoms with van der Waals surface area (Å²) in [4.78, 5) is 27.7. The van der Waals surface area contributed by atoms with E-state index in [0.717, 1.165) is 6.42 Å². The van der Waals surface area contributed by atoms with Crippen molar-refractivity contribution < 1.29 is 9.59 Å². The van der Waals surface area contributed by atoms with E-state index < -0.39 is 0 Å². The van der Waals surface area contributed by atoms with E-state index in [-0.39, 0.29) is 17.9 Å². The Morgan fingerprint density at radius 2 is 1.95 bits per heavy atom. The van der Waals surface area contributed by atoms with Crippen LogP contribution in [-0.4, -0.2) is 47.3 Å². The van der Waals surface area contributed by atoms with Gasteiger partial charge in [-0.3, -0.25) is 9.59 Å². The van der Waals surface area contributed by atoms with Crippen LogP contribution in [0.4, 0.5) is 5.69 Å². The number of rotatable bonds is 1. The number of hydrogen-bond donors (Lipinski definition) is 1. The van der Waals surface area contributed by atoms with E-state index in [1.165, 1.54) is 0 Å². The van der Waals surface area contributed by atoms with Gasteiger partial charge in [0.2, 0.25) is 5.91 Å². The average molecular weight is 259 g/mol. The van der Waals surface area contributed by atoms with Crippen LogP contribution in [0.5, 0.6) is 0 Å². The van der Waals surface area contributed by atoms with Gasteiger partial charge in [-0.1, -0.05) is 0 Å². The number of nitrogens with two attached hydrogens (primary N) is 1. The van der Waals surface area contributed by atoms with Crippen molar-refractivity contribution in [3.63, 3.8) is 0 Å². The molecule has 2 fully saturated rings. The minimum Gasteiger partial charge on any atom is -0.399 e. The van der Waals surface area contributed by atoms with Gasteiger partial charge in [-0.05, 0) is 30.7 Å². The quantitative estimate of drug-likeness (QED) is 0.755. The zero-order valence-electron chi connectivity index (χ0n) is 10.7. The lowest BCUT2D eigenvalue weighted by atomic mass is 10.1. The molecule has 0 saturated carbocycles. The summed E-state index contributed by atoms with van der Waals surface area (Å²) in [6, 6.07) is 7.19. The molecular formula is C14H17N3O2. The standard InChI is InChI=1S/C14H17N3O2/c15-11-3-1-10(2-4-11)14(19)16-7-8-17-12(9-16)5-6-13(17)18/h1-4,12H,5-9,15H2. The molecule has 1 unspecified atom stereocenters. The van der Waals surface area contributed by atoms with Crippen LogP contribution in [0.25, 0.3) is 0 Å². The third-order valence-electron chi connectivity index (χ3n) is 3.94. The minimum atomic E-state index is 0.0269. The summed E-state index contributed by atoms with van der Waals surface area (Å²) < 4.78 is 0. The molecule has 100 valence electrons. The molecule has 2 aliphatic rings. The van der Waals surface area contributed by atoms with Crippen LogP contribution in [0.3, 0.4) is 0 Å². The summed E-state index contributed by atoms with van der Waals surface area (Å²) in [6.07, 6.45) is 1.49. The van der Waals surface area contributed by atoms with Gasteiger partial charge in [0.05, 0.1) is 0 Å². The Hall–Kier alpha value is -2.04. The molecule has 2 saturated heterocycles. The van der Waals surface area contributed by atoms with Crippen LogP contribution in [0.1, 0.15) is 23.2 Å². The summed E-state index contributed by atoms with van der Waals surface area (Å²) in [6.45, 7) is 1.92. The van der Waals surface area contributed by atoms with Gasteiger partial charge in [-0.25, -0.2) is 0 Å². The molecule has 1 atom stereocenters. The predicted octanol–water partition coefficient (Wildman–Crippen LogP) is 0.716. The second kappa shape index (κ2) is 4.57. The van der Waals surface area contributed by atoms with Crippen LogP contribution in [-0.2, 0) is 4.79 Å². The Bertz CT molecular complexity index is 512. The van der Waals surface area contributed by atoms with E-state index >= 15 is 0 Å². The molecule has 0 aliphatic carbocycles. The molecule has 2 aliphatic heterocycles. The minimum absolute atomic E-state index is 0.0269. The van der Waals surface area contributed by atoms with Gasteiger partial charge in [-0.15, -0.1) is 0 Å². The van der Waals surface area contributed by atoms with Crippen molar-refractivity contribution in [2.24, 2.45) is 0 Å². The fourth-order valence-electron chi connectivity index (χ4n) is 2.86. The molecule has 5 heteroatoms. The van der Waals surface area contributed by atoms with Gasteiger partial charge in [0.25, 0.3) is 5.91 Å². The van der Waals surface area contributed by atoms with Crippen molar-refractivity contribution in [1.82, 2.24) is 9.80 Å². The lowest BCUT2D eigenvalue weighted by Crippen LogP contribution is -2.53. The smallest absolute Gasteiger partial charge is 0.253 e. The SMILES string of the molecule is Nc1ccc(C(=O)N2CCN3C(=O)CCC3C2)cc1. The van der Waals surface area contributed by atoms with Crippen LogP contribution in [0.15, 0.2) is 24.3 Å². The Morgan fingerprint density at radius 3 is 2.68 bits per heavy atom. The molecule has 19 heavy (non-hydrogen) atoms. The van der Waals surface area contributed by atoms with E-state index in [9.17, 15) is 9.59 Å². The van der Waals surface area contributed by atoms with Crippen molar-refractivity contribution in [3.8, 4) is 0 Å². The van der Waals surface area contributed by atoms with Crippen LogP contribution in [0.2, 0.25) is 0 Å². The number of nitrogens with zero attached hydrogens (tertiary/aromatic N) is 2. The summed E-state index contributed by atoms with van der Waals surface area (Å²) in [5, 5.41) is 0. The van der Waals surface area contributed by atoms with Gasteiger partial charge in [0.1, 0.15) is 0 Å². The van der Waals surface area contributed by atoms with Gasteiger partial charge in [0, 0.05) is 43.3 Å². The number of carbonyl (C=O) groups excluding carboxylic acids is 2. The lowest BCUT2D eigenvalue weighted by Gasteiger charge is -2.37. The molecule has 2 heterocycles. The number of piperazine rings is 1. The Labute approximate surface area is 112 Å². The number of nitrogen functional groups attached to an aromatic ring is 1. The molecule has 5 nitrogen and oxygen atoms in total. The highest BCUT2D eigenvalue weighted by Crippen LogP contribution is 2.23. The second-order valence-electron chi connectivity index (χ2n) is 5.15. The maximum Gasteiger partial charge on any atom is 0.253 e. The second-order valence-corrected chi connectivity index (χ2v) is 5.15. The van der Waals surface area contributed by atoms with Gasteiger partial charge in [-0.2, -0.15) is 0 Å². The van der Waals surface area contributed by atoms with Gasteiger partial charge < -0.3 is 15.5 Å². The first kappa shape index (κ1) is 12.0. The first-order chi connectivity index (χ1) is 9.15. The van der Waals surface area contributed by atoms with Crippen LogP contribution in [0, 0.1) is 0 Å². The third-order valence-corrected chi connectivity index (χ3v) is 3.94. The Morgan fingerprint density at radius 1 is 1.21 bits per heavy atom. The Balaban J connectivity index is 1.72. The maximum absolute atomic E-state index is 12.4. The van der Waals surface area contributed by atoms with Gasteiger partial charge in [0.15, 0.2) is 0 Å². The van der Waals surface area contributed by atoms with Crippen molar-refractivity contribution in [3.05, 3.63) is 29.8 Å². The summed E-state index contributed by atoms with van der Waals surface area (Å²) in [7, 11) is 0. The number of carbonyl (C=O) groups is 2. The zero-order valence-corrected chi connectivity index (χ0v) is 10.7. The predicted molar refractivity (Wildman–Crippen MR) is 71.5 cm³/mol. The molecular weight excluding hydrogens is 242 g/mol. The Kier molecular flexibility index (Phi) is 2.89. The van der Waals surface area contributed by atoms with E-state index in [1.807, 2.05) is 9.80 Å². The number of benzene rings is 1. The third kappa shape index (κ3) is 2.16. The molecule has 1 aromatic carbocycles. The number of hydrogen-bond acceptors (Lipinski definition) is 3. The molecule has 2 amide bonds. The molecule has 0 aromatic heterocycles. The monoisotopic (exact) mass is 259 g/mol. The molecule has 0 radical (unpaired) electrons. The highest BCUT2D eigenvalue weighted by atomic mass is 16.2. The fraction of sp³-hybridized carbons (Fsp3) is 0.429. The van der Waals surface area contributed by atoms with E-state index in [1.54, 1.807) is 24.3 Å². The number of anilines is 1. The fourth-order valence-corrected chi connectivity index (χ4v) is 2.86. The summed E-state index contributed by atoms with van der Waals surface area (Å²) >= 11 is 0.